The Bertz CT molecular complexity index is 833. The summed E-state index contributed by atoms with van der Waals surface area (Å²) < 4.78 is 31.3. The third kappa shape index (κ3) is 4.71. The molecule has 1 aromatic rings. The van der Waals surface area contributed by atoms with Crippen molar-refractivity contribution in [2.45, 2.75) is 18.6 Å². The predicted molar refractivity (Wildman–Crippen MR) is 99.0 cm³/mol. The fraction of sp³-hybridized carbons (Fsp3) is 0.636. The summed E-state index contributed by atoms with van der Waals surface area (Å²) in [5.74, 6) is 1.00. The molecule has 0 spiro atoms. The molecule has 0 radical (unpaired) electrons. The standard InChI is InChI=1S/C11H17ClN6O4S3/c1-3-17-9(23-2)13-18(11(17)20)8(19)14-25(21,22)15-10-16(5-4-12)6-7-24-10/h3-7H2,1-2H3,(H,14,19). The van der Waals surface area contributed by atoms with E-state index in [1.54, 1.807) is 22.8 Å². The Labute approximate surface area is 158 Å². The summed E-state index contributed by atoms with van der Waals surface area (Å²) >= 11 is 8.09. The van der Waals surface area contributed by atoms with E-state index >= 15 is 0 Å². The molecule has 1 aliphatic heterocycles. The second-order valence-corrected chi connectivity index (χ2v) is 8.26. The minimum Gasteiger partial charge on any atom is -0.348 e. The molecule has 0 unspecified atom stereocenters. The van der Waals surface area contributed by atoms with Crippen LogP contribution in [0.3, 0.4) is 0 Å². The van der Waals surface area contributed by atoms with Gasteiger partial charge in [-0.05, 0) is 13.2 Å². The second kappa shape index (κ2) is 8.47. The van der Waals surface area contributed by atoms with Crippen LogP contribution in [0, 0.1) is 0 Å². The Hall–Kier alpha value is -1.18. The van der Waals surface area contributed by atoms with E-state index in [0.717, 1.165) is 0 Å². The van der Waals surface area contributed by atoms with Crippen LogP contribution in [0.2, 0.25) is 0 Å². The average Bonchev–Trinajstić information content (AvgIpc) is 3.10. The molecule has 1 fully saturated rings. The molecule has 1 amide bonds. The van der Waals surface area contributed by atoms with Crippen LogP contribution in [-0.2, 0) is 16.8 Å². The van der Waals surface area contributed by atoms with Gasteiger partial charge in [-0.15, -0.1) is 25.8 Å². The molecule has 25 heavy (non-hydrogen) atoms. The van der Waals surface area contributed by atoms with Crippen LogP contribution in [0.1, 0.15) is 6.92 Å². The number of thioether (sulfide) groups is 2. The van der Waals surface area contributed by atoms with Gasteiger partial charge >= 0.3 is 21.9 Å². The number of nitrogens with one attached hydrogen (secondary N) is 1. The summed E-state index contributed by atoms with van der Waals surface area (Å²) in [6, 6.07) is -1.18. The first kappa shape index (κ1) is 20.1. The minimum atomic E-state index is -4.33. The van der Waals surface area contributed by atoms with Gasteiger partial charge in [0.1, 0.15) is 0 Å². The summed E-state index contributed by atoms with van der Waals surface area (Å²) in [5, 5.41) is 4.40. The number of nitrogens with zero attached hydrogens (tertiary/aromatic N) is 5. The normalized spacial score (nSPS) is 16.6. The van der Waals surface area contributed by atoms with Gasteiger partial charge in [-0.2, -0.15) is 8.42 Å². The zero-order valence-electron chi connectivity index (χ0n) is 13.5. The molecule has 2 rings (SSSR count). The highest BCUT2D eigenvalue weighted by atomic mass is 35.5. The van der Waals surface area contributed by atoms with Gasteiger partial charge in [0.2, 0.25) is 0 Å². The van der Waals surface area contributed by atoms with E-state index in [1.165, 1.54) is 28.1 Å². The molecule has 0 saturated carbocycles. The molecule has 0 atom stereocenters. The third-order valence-corrected chi connectivity index (χ3v) is 5.94. The van der Waals surface area contributed by atoms with Gasteiger partial charge in [0, 0.05) is 31.3 Å². The summed E-state index contributed by atoms with van der Waals surface area (Å²) in [5.41, 5.74) is -0.716. The van der Waals surface area contributed by atoms with Crippen molar-refractivity contribution < 1.29 is 13.2 Å². The monoisotopic (exact) mass is 428 g/mol. The molecule has 0 aliphatic carbocycles. The van der Waals surface area contributed by atoms with E-state index in [-0.39, 0.29) is 5.17 Å². The lowest BCUT2D eigenvalue weighted by Gasteiger charge is -2.15. The lowest BCUT2D eigenvalue weighted by Crippen LogP contribution is -2.40. The smallest absolute Gasteiger partial charge is 0.348 e. The molecule has 0 aromatic carbocycles. The minimum absolute atomic E-state index is 0.261. The lowest BCUT2D eigenvalue weighted by atomic mass is 10.6. The van der Waals surface area contributed by atoms with E-state index < -0.39 is 21.9 Å². The number of amidine groups is 1. The SMILES string of the molecule is CCn1c(SC)nn(C(=O)NS(=O)(=O)N=C2SCCN2CCCl)c1=O. The largest absolute Gasteiger partial charge is 0.361 e. The van der Waals surface area contributed by atoms with Crippen LogP contribution in [0.5, 0.6) is 0 Å². The van der Waals surface area contributed by atoms with E-state index in [9.17, 15) is 18.0 Å². The van der Waals surface area contributed by atoms with Crippen molar-refractivity contribution >= 4 is 56.5 Å². The fourth-order valence-electron chi connectivity index (χ4n) is 2.04. The molecule has 10 nitrogen and oxygen atoms in total. The van der Waals surface area contributed by atoms with Crippen molar-refractivity contribution in [1.29, 1.82) is 0 Å². The number of rotatable bonds is 6. The Morgan fingerprint density at radius 1 is 1.52 bits per heavy atom. The first-order chi connectivity index (χ1) is 11.8. The van der Waals surface area contributed by atoms with Gasteiger partial charge in [0.25, 0.3) is 0 Å². The van der Waals surface area contributed by atoms with Crippen molar-refractivity contribution in [3.05, 3.63) is 10.5 Å². The van der Waals surface area contributed by atoms with Crippen molar-refractivity contribution in [1.82, 2.24) is 24.0 Å². The fourth-order valence-corrected chi connectivity index (χ4v) is 4.87. The quantitative estimate of drug-likeness (QED) is 0.505. The molecule has 1 N–H and O–H groups in total. The molecule has 14 heteroatoms. The zero-order chi connectivity index (χ0) is 18.6. The Morgan fingerprint density at radius 3 is 2.80 bits per heavy atom. The zero-order valence-corrected chi connectivity index (χ0v) is 16.7. The highest BCUT2D eigenvalue weighted by Crippen LogP contribution is 2.18. The maximum atomic E-state index is 12.1. The topological polar surface area (TPSA) is 119 Å². The number of hydrogen-bond donors (Lipinski definition) is 1. The first-order valence-electron chi connectivity index (χ1n) is 7.17. The summed E-state index contributed by atoms with van der Waals surface area (Å²) in [4.78, 5) is 26.0. The number of alkyl halides is 1. The van der Waals surface area contributed by atoms with E-state index in [4.69, 9.17) is 11.6 Å². The van der Waals surface area contributed by atoms with Gasteiger partial charge in [-0.25, -0.2) is 14.3 Å². The molecule has 1 saturated heterocycles. The Kier molecular flexibility index (Phi) is 6.82. The van der Waals surface area contributed by atoms with Crippen LogP contribution in [0.4, 0.5) is 4.79 Å². The van der Waals surface area contributed by atoms with Crippen LogP contribution in [0.25, 0.3) is 0 Å². The number of carbonyl (C=O) groups is 1. The number of aromatic nitrogens is 3. The van der Waals surface area contributed by atoms with E-state index in [1.807, 2.05) is 0 Å². The van der Waals surface area contributed by atoms with Crippen LogP contribution in [-0.4, -0.2) is 69.8 Å². The van der Waals surface area contributed by atoms with Crippen molar-refractivity contribution in [3.63, 3.8) is 0 Å². The number of hydrogen-bond acceptors (Lipinski definition) is 7. The van der Waals surface area contributed by atoms with Gasteiger partial charge < -0.3 is 4.90 Å². The molecule has 0 bridgehead atoms. The molecular weight excluding hydrogens is 412 g/mol. The summed E-state index contributed by atoms with van der Waals surface area (Å²) in [6.07, 6.45) is 1.70. The van der Waals surface area contributed by atoms with Crippen molar-refractivity contribution in [2.75, 3.05) is 31.0 Å². The van der Waals surface area contributed by atoms with E-state index in [0.29, 0.717) is 41.1 Å². The average molecular weight is 429 g/mol. The second-order valence-electron chi connectivity index (χ2n) is 4.71. The number of carbonyl (C=O) groups excluding carboxylic acids is 1. The van der Waals surface area contributed by atoms with Gasteiger partial charge in [0.15, 0.2) is 10.3 Å². The van der Waals surface area contributed by atoms with Crippen molar-refractivity contribution in [3.8, 4) is 0 Å². The summed E-state index contributed by atoms with van der Waals surface area (Å²) in [6.45, 7) is 3.10. The van der Waals surface area contributed by atoms with Crippen LogP contribution < -0.4 is 10.4 Å². The maximum absolute atomic E-state index is 12.1. The van der Waals surface area contributed by atoms with Gasteiger partial charge in [-0.1, -0.05) is 23.5 Å². The van der Waals surface area contributed by atoms with Gasteiger partial charge in [-0.3, -0.25) is 4.57 Å². The Balaban J connectivity index is 2.22. The van der Waals surface area contributed by atoms with Crippen molar-refractivity contribution in [2.24, 2.45) is 4.40 Å². The first-order valence-corrected chi connectivity index (χ1v) is 11.4. The Morgan fingerprint density at radius 2 is 2.24 bits per heavy atom. The predicted octanol–water partition coefficient (Wildman–Crippen LogP) is 0.233. The molecule has 1 aliphatic rings. The van der Waals surface area contributed by atoms with Gasteiger partial charge in [0.05, 0.1) is 0 Å². The highest BCUT2D eigenvalue weighted by molar-refractivity contribution is 8.14. The lowest BCUT2D eigenvalue weighted by molar-refractivity contribution is 0.243. The maximum Gasteiger partial charge on any atom is 0.361 e. The van der Waals surface area contributed by atoms with E-state index in [2.05, 4.69) is 9.50 Å². The van der Waals surface area contributed by atoms with Crippen LogP contribution >= 0.6 is 35.1 Å². The number of amides is 1. The molecular formula is C11H17ClN6O4S3. The number of halogens is 1. The summed E-state index contributed by atoms with van der Waals surface area (Å²) in [7, 11) is -4.33. The molecule has 140 valence electrons. The third-order valence-electron chi connectivity index (χ3n) is 3.15. The highest BCUT2D eigenvalue weighted by Gasteiger charge is 2.25. The molecule has 2 heterocycles. The molecule has 1 aromatic heterocycles. The van der Waals surface area contributed by atoms with Crippen LogP contribution in [0.15, 0.2) is 14.3 Å².